The number of H-pyrrole nitrogens is 2. The number of nitrogens with one attached hydrogen (secondary N) is 2. The molecule has 3 rings (SSSR count). The second-order valence-corrected chi connectivity index (χ2v) is 4.78. The molecular weight excluding hydrogens is 232 g/mol. The molecule has 2 heteroatoms. The maximum Gasteiger partial charge on any atom is 0.0641 e. The normalized spacial score (nSPS) is 11.1. The van der Waals surface area contributed by atoms with Gasteiger partial charge in [-0.25, -0.2) is 0 Å². The second kappa shape index (κ2) is 5.19. The molecule has 0 unspecified atom stereocenters. The first-order valence-electron chi connectivity index (χ1n) is 6.74. The lowest BCUT2D eigenvalue weighted by Gasteiger charge is -2.16. The van der Waals surface area contributed by atoms with Crippen LogP contribution < -0.4 is 0 Å². The summed E-state index contributed by atoms with van der Waals surface area (Å²) in [7, 11) is 0. The van der Waals surface area contributed by atoms with E-state index < -0.39 is 0 Å². The first-order valence-corrected chi connectivity index (χ1v) is 6.74. The van der Waals surface area contributed by atoms with Crippen LogP contribution in [0.1, 0.15) is 35.4 Å². The highest BCUT2D eigenvalue weighted by Crippen LogP contribution is 2.30. The van der Waals surface area contributed by atoms with Gasteiger partial charge in [-0.05, 0) is 41.8 Å². The highest BCUT2D eigenvalue weighted by molar-refractivity contribution is 5.39. The molecular formula is C17H18N2. The van der Waals surface area contributed by atoms with Gasteiger partial charge in [-0.1, -0.05) is 31.2 Å². The first kappa shape index (κ1) is 11.8. The third-order valence-electron chi connectivity index (χ3n) is 3.56. The van der Waals surface area contributed by atoms with E-state index in [9.17, 15) is 0 Å². The van der Waals surface area contributed by atoms with Crippen molar-refractivity contribution in [1.82, 2.24) is 9.97 Å². The van der Waals surface area contributed by atoms with Crippen LogP contribution in [-0.4, -0.2) is 9.97 Å². The molecule has 2 heterocycles. The summed E-state index contributed by atoms with van der Waals surface area (Å²) in [5, 5.41) is 0. The van der Waals surface area contributed by atoms with Gasteiger partial charge in [-0.15, -0.1) is 0 Å². The van der Waals surface area contributed by atoms with Crippen molar-refractivity contribution in [1.29, 1.82) is 0 Å². The molecule has 2 aromatic heterocycles. The van der Waals surface area contributed by atoms with Crippen LogP contribution in [0.5, 0.6) is 0 Å². The Bertz CT molecular complexity index is 587. The smallest absolute Gasteiger partial charge is 0.0641 e. The fourth-order valence-electron chi connectivity index (χ4n) is 2.57. The van der Waals surface area contributed by atoms with E-state index in [0.717, 1.165) is 6.42 Å². The quantitative estimate of drug-likeness (QED) is 0.699. The van der Waals surface area contributed by atoms with Gasteiger partial charge in [-0.3, -0.25) is 0 Å². The summed E-state index contributed by atoms with van der Waals surface area (Å²) in [6.45, 7) is 2.19. The fraction of sp³-hybridized carbons (Fsp3) is 0.176. The van der Waals surface area contributed by atoms with Crippen LogP contribution in [0, 0.1) is 0 Å². The average Bonchev–Trinajstić information content (AvgIpc) is 3.13. The van der Waals surface area contributed by atoms with E-state index in [1.807, 2.05) is 12.4 Å². The highest BCUT2D eigenvalue weighted by Gasteiger charge is 2.18. The third kappa shape index (κ3) is 2.34. The Hall–Kier alpha value is -2.22. The molecule has 0 aliphatic rings. The van der Waals surface area contributed by atoms with E-state index >= 15 is 0 Å². The molecule has 0 saturated carbocycles. The summed E-state index contributed by atoms with van der Waals surface area (Å²) >= 11 is 0. The minimum atomic E-state index is 0.247. The molecule has 0 spiro atoms. The molecule has 2 nitrogen and oxygen atoms in total. The van der Waals surface area contributed by atoms with Crippen LogP contribution in [0.2, 0.25) is 0 Å². The van der Waals surface area contributed by atoms with Gasteiger partial charge in [0.25, 0.3) is 0 Å². The number of hydrogen-bond donors (Lipinski definition) is 2. The zero-order valence-corrected chi connectivity index (χ0v) is 11.1. The molecule has 0 aliphatic heterocycles. The van der Waals surface area contributed by atoms with Crippen molar-refractivity contribution in [3.63, 3.8) is 0 Å². The SMILES string of the molecule is CCc1cccc(C(c2ccc[nH]2)c2ccc[nH]2)c1. The monoisotopic (exact) mass is 250 g/mol. The zero-order chi connectivity index (χ0) is 13.1. The Morgan fingerprint density at radius 2 is 1.58 bits per heavy atom. The summed E-state index contributed by atoms with van der Waals surface area (Å²) in [6.07, 6.45) is 5.03. The van der Waals surface area contributed by atoms with Gasteiger partial charge in [0.05, 0.1) is 5.92 Å². The first-order chi connectivity index (χ1) is 9.38. The van der Waals surface area contributed by atoms with Crippen molar-refractivity contribution < 1.29 is 0 Å². The molecule has 3 aromatic rings. The number of benzene rings is 1. The van der Waals surface area contributed by atoms with Gasteiger partial charge in [0.1, 0.15) is 0 Å². The van der Waals surface area contributed by atoms with E-state index in [4.69, 9.17) is 0 Å². The molecule has 0 aliphatic carbocycles. The Balaban J connectivity index is 2.09. The number of aromatic amines is 2. The van der Waals surface area contributed by atoms with Crippen LogP contribution in [0.25, 0.3) is 0 Å². The molecule has 19 heavy (non-hydrogen) atoms. The number of aromatic nitrogens is 2. The number of hydrogen-bond acceptors (Lipinski definition) is 0. The molecule has 2 N–H and O–H groups in total. The number of aryl methyl sites for hydroxylation is 1. The third-order valence-corrected chi connectivity index (χ3v) is 3.56. The van der Waals surface area contributed by atoms with E-state index in [1.54, 1.807) is 0 Å². The van der Waals surface area contributed by atoms with Crippen molar-refractivity contribution in [2.75, 3.05) is 0 Å². The Kier molecular flexibility index (Phi) is 3.23. The van der Waals surface area contributed by atoms with Gasteiger partial charge < -0.3 is 9.97 Å². The molecule has 96 valence electrons. The van der Waals surface area contributed by atoms with Crippen molar-refractivity contribution in [3.8, 4) is 0 Å². The van der Waals surface area contributed by atoms with Gasteiger partial charge in [0.2, 0.25) is 0 Å². The minimum Gasteiger partial charge on any atom is -0.364 e. The standard InChI is InChI=1S/C17H18N2/c1-2-13-6-3-7-14(12-13)17(15-8-4-10-18-15)16-9-5-11-19-16/h3-12,17-19H,2H2,1H3. The summed E-state index contributed by atoms with van der Waals surface area (Å²) in [5.74, 6) is 0.247. The summed E-state index contributed by atoms with van der Waals surface area (Å²) < 4.78 is 0. The molecule has 0 radical (unpaired) electrons. The maximum absolute atomic E-state index is 3.34. The lowest BCUT2D eigenvalue weighted by atomic mass is 9.91. The van der Waals surface area contributed by atoms with Crippen molar-refractivity contribution in [2.24, 2.45) is 0 Å². The molecule has 0 amide bonds. The predicted octanol–water partition coefficient (Wildman–Crippen LogP) is 4.09. The largest absolute Gasteiger partial charge is 0.364 e. The fourth-order valence-corrected chi connectivity index (χ4v) is 2.57. The summed E-state index contributed by atoms with van der Waals surface area (Å²) in [5.41, 5.74) is 5.14. The molecule has 0 fully saturated rings. The Labute approximate surface area is 113 Å². The lowest BCUT2D eigenvalue weighted by Crippen LogP contribution is -2.04. The van der Waals surface area contributed by atoms with Crippen LogP contribution >= 0.6 is 0 Å². The van der Waals surface area contributed by atoms with E-state index in [1.165, 1.54) is 22.5 Å². The topological polar surface area (TPSA) is 31.6 Å². The molecule has 0 saturated heterocycles. The van der Waals surface area contributed by atoms with Crippen molar-refractivity contribution in [2.45, 2.75) is 19.3 Å². The van der Waals surface area contributed by atoms with Gasteiger partial charge in [-0.2, -0.15) is 0 Å². The van der Waals surface area contributed by atoms with Gasteiger partial charge >= 0.3 is 0 Å². The molecule has 0 bridgehead atoms. The minimum absolute atomic E-state index is 0.247. The summed E-state index contributed by atoms with van der Waals surface area (Å²) in [6, 6.07) is 17.2. The average molecular weight is 250 g/mol. The Morgan fingerprint density at radius 1 is 0.895 bits per heavy atom. The second-order valence-electron chi connectivity index (χ2n) is 4.78. The van der Waals surface area contributed by atoms with E-state index in [-0.39, 0.29) is 5.92 Å². The van der Waals surface area contributed by atoms with Gasteiger partial charge in [0, 0.05) is 23.8 Å². The maximum atomic E-state index is 3.34. The Morgan fingerprint density at radius 3 is 2.11 bits per heavy atom. The van der Waals surface area contributed by atoms with E-state index in [2.05, 4.69) is 65.4 Å². The lowest BCUT2D eigenvalue weighted by molar-refractivity contribution is 0.893. The van der Waals surface area contributed by atoms with Crippen LogP contribution in [0.15, 0.2) is 60.9 Å². The van der Waals surface area contributed by atoms with Crippen LogP contribution in [0.3, 0.4) is 0 Å². The molecule has 0 atom stereocenters. The van der Waals surface area contributed by atoms with E-state index in [0.29, 0.717) is 0 Å². The zero-order valence-electron chi connectivity index (χ0n) is 11.1. The number of rotatable bonds is 4. The van der Waals surface area contributed by atoms with Crippen LogP contribution in [0.4, 0.5) is 0 Å². The van der Waals surface area contributed by atoms with Crippen molar-refractivity contribution >= 4 is 0 Å². The predicted molar refractivity (Wildman–Crippen MR) is 78.4 cm³/mol. The van der Waals surface area contributed by atoms with Gasteiger partial charge in [0.15, 0.2) is 0 Å². The van der Waals surface area contributed by atoms with Crippen LogP contribution in [-0.2, 0) is 6.42 Å². The molecule has 1 aromatic carbocycles. The van der Waals surface area contributed by atoms with Crippen molar-refractivity contribution in [3.05, 3.63) is 83.4 Å². The summed E-state index contributed by atoms with van der Waals surface area (Å²) in [4.78, 5) is 6.68. The highest BCUT2D eigenvalue weighted by atomic mass is 14.7.